The molecule has 1 aromatic heterocycles. The number of hydrogen-bond donors (Lipinski definition) is 2. The first-order valence-electron chi connectivity index (χ1n) is 7.13. The maximum Gasteiger partial charge on any atom is 0.321 e. The van der Waals surface area contributed by atoms with Crippen molar-refractivity contribution in [3.8, 4) is 11.4 Å². The summed E-state index contributed by atoms with van der Waals surface area (Å²) in [5.74, 6) is 0.443. The number of aromatic nitrogens is 2. The molecule has 3 amide bonds. The highest BCUT2D eigenvalue weighted by Crippen LogP contribution is 2.22. The Morgan fingerprint density at radius 2 is 2.12 bits per heavy atom. The normalized spacial score (nSPS) is 10.0. The summed E-state index contributed by atoms with van der Waals surface area (Å²) in [4.78, 5) is 27.4. The van der Waals surface area contributed by atoms with Crippen molar-refractivity contribution in [1.29, 1.82) is 0 Å². The number of thioether (sulfide) groups is 1. The van der Waals surface area contributed by atoms with Crippen LogP contribution >= 0.6 is 11.8 Å². The number of nitrogens with one attached hydrogen (secondary N) is 2. The van der Waals surface area contributed by atoms with E-state index in [1.54, 1.807) is 19.5 Å². The second kappa shape index (κ2) is 8.78. The SMILES string of the molecule is C=CCNC(=O)NC(=O)CSc1nccn1-c1ccc(OC)cc1. The summed E-state index contributed by atoms with van der Waals surface area (Å²) in [5.41, 5.74) is 0.903. The van der Waals surface area contributed by atoms with Crippen LogP contribution in [-0.4, -0.2) is 40.9 Å². The van der Waals surface area contributed by atoms with Crippen molar-refractivity contribution in [1.82, 2.24) is 20.2 Å². The van der Waals surface area contributed by atoms with Crippen LogP contribution in [0.4, 0.5) is 4.79 Å². The summed E-state index contributed by atoms with van der Waals surface area (Å²) in [6.45, 7) is 3.78. The van der Waals surface area contributed by atoms with Crippen molar-refractivity contribution in [3.05, 3.63) is 49.3 Å². The number of rotatable bonds is 7. The molecular formula is C16H18N4O3S. The molecule has 0 bridgehead atoms. The van der Waals surface area contributed by atoms with E-state index in [2.05, 4.69) is 22.2 Å². The maximum absolute atomic E-state index is 11.8. The van der Waals surface area contributed by atoms with E-state index in [0.29, 0.717) is 11.7 Å². The van der Waals surface area contributed by atoms with Crippen molar-refractivity contribution >= 4 is 23.7 Å². The van der Waals surface area contributed by atoms with Crippen LogP contribution in [0.1, 0.15) is 0 Å². The van der Waals surface area contributed by atoms with Gasteiger partial charge < -0.3 is 10.1 Å². The number of imide groups is 1. The van der Waals surface area contributed by atoms with Crippen LogP contribution in [0.25, 0.3) is 5.69 Å². The number of ether oxygens (including phenoxy) is 1. The number of imidazole rings is 1. The second-order valence-electron chi connectivity index (χ2n) is 4.61. The predicted octanol–water partition coefficient (Wildman–Crippen LogP) is 1.98. The first kappa shape index (κ1) is 17.6. The molecule has 0 saturated carbocycles. The van der Waals surface area contributed by atoms with Gasteiger partial charge in [0.15, 0.2) is 5.16 Å². The molecule has 2 N–H and O–H groups in total. The number of carbonyl (C=O) groups excluding carboxylic acids is 2. The molecule has 2 aromatic rings. The largest absolute Gasteiger partial charge is 0.497 e. The van der Waals surface area contributed by atoms with E-state index in [-0.39, 0.29) is 5.75 Å². The molecule has 0 fully saturated rings. The molecule has 0 atom stereocenters. The third-order valence-corrected chi connectivity index (χ3v) is 3.92. The zero-order valence-electron chi connectivity index (χ0n) is 13.2. The number of nitrogens with zero attached hydrogens (tertiary/aromatic N) is 2. The second-order valence-corrected chi connectivity index (χ2v) is 5.56. The van der Waals surface area contributed by atoms with E-state index in [1.807, 2.05) is 28.8 Å². The summed E-state index contributed by atoms with van der Waals surface area (Å²) in [6.07, 6.45) is 4.99. The van der Waals surface area contributed by atoms with Crippen molar-refractivity contribution in [2.45, 2.75) is 5.16 Å². The number of amides is 3. The summed E-state index contributed by atoms with van der Waals surface area (Å²) in [5, 5.41) is 5.37. The van der Waals surface area contributed by atoms with E-state index in [4.69, 9.17) is 4.74 Å². The molecule has 1 aromatic carbocycles. The van der Waals surface area contributed by atoms with Gasteiger partial charge in [0.1, 0.15) is 5.75 Å². The predicted molar refractivity (Wildman–Crippen MR) is 92.6 cm³/mol. The zero-order valence-corrected chi connectivity index (χ0v) is 14.0. The zero-order chi connectivity index (χ0) is 17.4. The fourth-order valence-electron chi connectivity index (χ4n) is 1.84. The average molecular weight is 346 g/mol. The average Bonchev–Trinajstić information content (AvgIpc) is 3.06. The molecule has 0 saturated heterocycles. The van der Waals surface area contributed by atoms with E-state index >= 15 is 0 Å². The van der Waals surface area contributed by atoms with E-state index < -0.39 is 11.9 Å². The van der Waals surface area contributed by atoms with Gasteiger partial charge in [-0.3, -0.25) is 14.7 Å². The van der Waals surface area contributed by atoms with Gasteiger partial charge in [-0.05, 0) is 24.3 Å². The van der Waals surface area contributed by atoms with E-state index in [9.17, 15) is 9.59 Å². The Balaban J connectivity index is 1.94. The van der Waals surface area contributed by atoms with Gasteiger partial charge in [0.05, 0.1) is 12.9 Å². The van der Waals surface area contributed by atoms with Crippen LogP contribution < -0.4 is 15.4 Å². The molecule has 7 nitrogen and oxygen atoms in total. The van der Waals surface area contributed by atoms with Gasteiger partial charge in [-0.15, -0.1) is 6.58 Å². The Kier molecular flexibility index (Phi) is 6.44. The van der Waals surface area contributed by atoms with Crippen LogP contribution in [0, 0.1) is 0 Å². The Bertz CT molecular complexity index is 712. The third kappa shape index (κ3) is 4.88. The highest BCUT2D eigenvalue weighted by molar-refractivity contribution is 7.99. The topological polar surface area (TPSA) is 85.3 Å². The number of carbonyl (C=O) groups is 2. The minimum atomic E-state index is -0.543. The molecule has 1 heterocycles. The lowest BCUT2D eigenvalue weighted by Crippen LogP contribution is -2.40. The minimum Gasteiger partial charge on any atom is -0.497 e. The molecular weight excluding hydrogens is 328 g/mol. The third-order valence-electron chi connectivity index (χ3n) is 2.95. The number of methoxy groups -OCH3 is 1. The Morgan fingerprint density at radius 1 is 1.38 bits per heavy atom. The number of hydrogen-bond acceptors (Lipinski definition) is 5. The van der Waals surface area contributed by atoms with Gasteiger partial charge in [0.25, 0.3) is 0 Å². The van der Waals surface area contributed by atoms with Gasteiger partial charge in [-0.25, -0.2) is 9.78 Å². The summed E-state index contributed by atoms with van der Waals surface area (Å²) >= 11 is 1.24. The lowest BCUT2D eigenvalue weighted by atomic mass is 10.3. The number of benzene rings is 1. The molecule has 0 aliphatic carbocycles. The van der Waals surface area contributed by atoms with Crippen molar-refractivity contribution < 1.29 is 14.3 Å². The molecule has 0 aliphatic rings. The maximum atomic E-state index is 11.8. The Labute approximate surface area is 144 Å². The quantitative estimate of drug-likeness (QED) is 0.591. The van der Waals surface area contributed by atoms with Crippen molar-refractivity contribution in [2.24, 2.45) is 0 Å². The summed E-state index contributed by atoms with van der Waals surface area (Å²) in [6, 6.07) is 6.95. The lowest BCUT2D eigenvalue weighted by molar-refractivity contribution is -0.117. The molecule has 2 rings (SSSR count). The fourth-order valence-corrected chi connectivity index (χ4v) is 2.61. The van der Waals surface area contributed by atoms with Gasteiger partial charge in [0, 0.05) is 24.6 Å². The molecule has 0 aliphatic heterocycles. The highest BCUT2D eigenvalue weighted by Gasteiger charge is 2.11. The first-order chi connectivity index (χ1) is 11.6. The minimum absolute atomic E-state index is 0.0781. The van der Waals surface area contributed by atoms with Crippen LogP contribution in [0.2, 0.25) is 0 Å². The standard InChI is InChI=1S/C16H18N4O3S/c1-3-8-17-15(22)19-14(21)11-24-16-18-9-10-20(16)12-4-6-13(23-2)7-5-12/h3-7,9-10H,1,8,11H2,2H3,(H2,17,19,21,22). The molecule has 0 radical (unpaired) electrons. The molecule has 126 valence electrons. The summed E-state index contributed by atoms with van der Waals surface area (Å²) < 4.78 is 6.99. The molecule has 24 heavy (non-hydrogen) atoms. The first-order valence-corrected chi connectivity index (χ1v) is 8.11. The Hall–Kier alpha value is -2.74. The fraction of sp³-hybridized carbons (Fsp3) is 0.188. The highest BCUT2D eigenvalue weighted by atomic mass is 32.2. The van der Waals surface area contributed by atoms with Crippen molar-refractivity contribution in [3.63, 3.8) is 0 Å². The monoisotopic (exact) mass is 346 g/mol. The van der Waals surface area contributed by atoms with E-state index in [1.165, 1.54) is 17.8 Å². The number of urea groups is 1. The van der Waals surface area contributed by atoms with Crippen LogP contribution in [-0.2, 0) is 4.79 Å². The molecule has 8 heteroatoms. The van der Waals surface area contributed by atoms with Gasteiger partial charge in [-0.2, -0.15) is 0 Å². The Morgan fingerprint density at radius 3 is 2.79 bits per heavy atom. The van der Waals surface area contributed by atoms with Crippen LogP contribution in [0.3, 0.4) is 0 Å². The molecule has 0 unspecified atom stereocenters. The van der Waals surface area contributed by atoms with Crippen LogP contribution in [0.15, 0.2) is 54.5 Å². The van der Waals surface area contributed by atoms with E-state index in [0.717, 1.165) is 11.4 Å². The van der Waals surface area contributed by atoms with Gasteiger partial charge in [-0.1, -0.05) is 17.8 Å². The lowest BCUT2D eigenvalue weighted by Gasteiger charge is -2.08. The van der Waals surface area contributed by atoms with Crippen LogP contribution in [0.5, 0.6) is 5.75 Å². The van der Waals surface area contributed by atoms with Gasteiger partial charge in [0.2, 0.25) is 5.91 Å². The molecule has 0 spiro atoms. The summed E-state index contributed by atoms with van der Waals surface area (Å²) in [7, 11) is 1.61. The van der Waals surface area contributed by atoms with Crippen molar-refractivity contribution in [2.75, 3.05) is 19.4 Å². The van der Waals surface area contributed by atoms with Gasteiger partial charge >= 0.3 is 6.03 Å². The smallest absolute Gasteiger partial charge is 0.321 e.